The first kappa shape index (κ1) is 18.3. The molecule has 0 saturated carbocycles. The Balaban J connectivity index is 1.68. The van der Waals surface area contributed by atoms with E-state index in [2.05, 4.69) is 18.2 Å². The van der Waals surface area contributed by atoms with Gasteiger partial charge in [0, 0.05) is 17.4 Å². The third-order valence-electron chi connectivity index (χ3n) is 7.16. The van der Waals surface area contributed by atoms with Crippen LogP contribution < -0.4 is 0 Å². The molecule has 1 spiro atoms. The number of carbonyl (C=O) groups excluding carboxylic acids is 2. The second kappa shape index (κ2) is 6.27. The molecule has 5 heteroatoms. The number of methoxy groups -OCH3 is 1. The van der Waals surface area contributed by atoms with Crippen LogP contribution in [-0.2, 0) is 24.7 Å². The maximum absolute atomic E-state index is 14.4. The average molecular weight is 414 g/mol. The van der Waals surface area contributed by atoms with E-state index in [4.69, 9.17) is 9.47 Å². The predicted molar refractivity (Wildman–Crippen MR) is 110 cm³/mol. The van der Waals surface area contributed by atoms with Gasteiger partial charge in [0.15, 0.2) is 11.5 Å². The fourth-order valence-corrected chi connectivity index (χ4v) is 6.19. The quantitative estimate of drug-likeness (QED) is 0.461. The Morgan fingerprint density at radius 2 is 1.68 bits per heavy atom. The lowest BCUT2D eigenvalue weighted by Gasteiger charge is -2.31. The van der Waals surface area contributed by atoms with E-state index in [1.807, 2.05) is 36.4 Å². The first-order valence-electron chi connectivity index (χ1n) is 10.3. The highest BCUT2D eigenvalue weighted by atomic mass is 19.1. The number of ether oxygens (including phenoxy) is 2. The molecule has 5 atom stereocenters. The van der Waals surface area contributed by atoms with Crippen LogP contribution in [0.4, 0.5) is 4.39 Å². The van der Waals surface area contributed by atoms with Crippen molar-refractivity contribution >= 4 is 11.9 Å². The van der Waals surface area contributed by atoms with E-state index in [0.717, 1.165) is 22.3 Å². The number of esters is 2. The molecule has 4 nitrogen and oxygen atoms in total. The second-order valence-electron chi connectivity index (χ2n) is 8.42. The highest BCUT2D eigenvalue weighted by molar-refractivity contribution is 5.99. The molecule has 1 saturated heterocycles. The number of fused-ring (bicyclic) bond motifs is 4. The Kier molecular flexibility index (Phi) is 3.70. The molecule has 0 amide bonds. The summed E-state index contributed by atoms with van der Waals surface area (Å²) in [6.07, 6.45) is 0. The average Bonchev–Trinajstić information content (AvgIpc) is 3.34. The van der Waals surface area contributed by atoms with Crippen molar-refractivity contribution in [3.05, 3.63) is 106 Å². The predicted octanol–water partition coefficient (Wildman–Crippen LogP) is 4.39. The number of carbonyl (C=O) groups is 2. The fraction of sp³-hybridized carbons (Fsp3) is 0.231. The number of halogens is 1. The van der Waals surface area contributed by atoms with E-state index in [1.54, 1.807) is 6.07 Å². The Labute approximate surface area is 178 Å². The number of rotatable bonds is 2. The van der Waals surface area contributed by atoms with Gasteiger partial charge in [0.25, 0.3) is 0 Å². The van der Waals surface area contributed by atoms with Crippen molar-refractivity contribution < 1.29 is 23.5 Å². The van der Waals surface area contributed by atoms with Crippen LogP contribution in [0.3, 0.4) is 0 Å². The van der Waals surface area contributed by atoms with Crippen molar-refractivity contribution in [1.82, 2.24) is 0 Å². The van der Waals surface area contributed by atoms with Crippen molar-refractivity contribution in [1.29, 1.82) is 0 Å². The van der Waals surface area contributed by atoms with Gasteiger partial charge in [-0.15, -0.1) is 0 Å². The third kappa shape index (κ3) is 2.18. The Morgan fingerprint density at radius 3 is 2.45 bits per heavy atom. The monoisotopic (exact) mass is 414 g/mol. The van der Waals surface area contributed by atoms with E-state index < -0.39 is 35.2 Å². The molecule has 0 N–H and O–H groups in total. The summed E-state index contributed by atoms with van der Waals surface area (Å²) in [5.41, 5.74) is 3.54. The van der Waals surface area contributed by atoms with E-state index in [-0.39, 0.29) is 11.8 Å². The van der Waals surface area contributed by atoms with Gasteiger partial charge in [-0.05, 0) is 34.4 Å². The van der Waals surface area contributed by atoms with Gasteiger partial charge in [-0.25, -0.2) is 4.39 Å². The van der Waals surface area contributed by atoms with E-state index >= 15 is 0 Å². The highest BCUT2D eigenvalue weighted by Gasteiger charge is 2.72. The van der Waals surface area contributed by atoms with Crippen LogP contribution in [0.15, 0.2) is 72.8 Å². The summed E-state index contributed by atoms with van der Waals surface area (Å²) in [6, 6.07) is 22.6. The Bertz CT molecular complexity index is 1240. The second-order valence-corrected chi connectivity index (χ2v) is 8.42. The van der Waals surface area contributed by atoms with E-state index in [1.165, 1.54) is 19.2 Å². The van der Waals surface area contributed by atoms with Gasteiger partial charge in [-0.2, -0.15) is 0 Å². The van der Waals surface area contributed by atoms with Crippen LogP contribution in [0.5, 0.6) is 0 Å². The normalized spacial score (nSPS) is 29.5. The summed E-state index contributed by atoms with van der Waals surface area (Å²) in [7, 11) is 1.26. The minimum Gasteiger partial charge on any atom is -0.468 e. The first-order chi connectivity index (χ1) is 15.1. The van der Waals surface area contributed by atoms with Crippen LogP contribution >= 0.6 is 0 Å². The topological polar surface area (TPSA) is 52.6 Å². The summed E-state index contributed by atoms with van der Waals surface area (Å²) in [4.78, 5) is 25.8. The lowest BCUT2D eigenvalue weighted by atomic mass is 9.75. The van der Waals surface area contributed by atoms with Gasteiger partial charge in [-0.1, -0.05) is 60.7 Å². The molecule has 3 aromatic rings. The van der Waals surface area contributed by atoms with E-state index in [9.17, 15) is 14.0 Å². The summed E-state index contributed by atoms with van der Waals surface area (Å²) < 4.78 is 25.5. The molecule has 1 aliphatic heterocycles. The van der Waals surface area contributed by atoms with Crippen molar-refractivity contribution in [3.8, 4) is 0 Å². The SMILES string of the molecule is COC(=O)[C@H]1C(=O)OC23c4ccccc4[C@H](c4ccccc4)[C@H]2c2ccc(F)cc2[C@H]13. The third-order valence-corrected chi connectivity index (χ3v) is 7.16. The molecular weight excluding hydrogens is 395 g/mol. The lowest BCUT2D eigenvalue weighted by molar-refractivity contribution is -0.158. The zero-order valence-corrected chi connectivity index (χ0v) is 16.7. The number of hydrogen-bond donors (Lipinski definition) is 0. The molecular formula is C26H19FO4. The molecule has 0 aromatic heterocycles. The summed E-state index contributed by atoms with van der Waals surface area (Å²) in [5.74, 6) is -3.77. The van der Waals surface area contributed by atoms with Gasteiger partial charge >= 0.3 is 11.9 Å². The summed E-state index contributed by atoms with van der Waals surface area (Å²) >= 11 is 0. The maximum atomic E-state index is 14.4. The summed E-state index contributed by atoms with van der Waals surface area (Å²) in [6.45, 7) is 0. The lowest BCUT2D eigenvalue weighted by Crippen LogP contribution is -2.32. The van der Waals surface area contributed by atoms with Gasteiger partial charge in [-0.3, -0.25) is 9.59 Å². The fourth-order valence-electron chi connectivity index (χ4n) is 6.19. The minimum absolute atomic E-state index is 0.0872. The van der Waals surface area contributed by atoms with E-state index in [0.29, 0.717) is 5.56 Å². The molecule has 0 bridgehead atoms. The molecule has 31 heavy (non-hydrogen) atoms. The Morgan fingerprint density at radius 1 is 0.935 bits per heavy atom. The molecule has 2 aliphatic carbocycles. The molecule has 6 rings (SSSR count). The summed E-state index contributed by atoms with van der Waals surface area (Å²) in [5, 5.41) is 0. The molecule has 154 valence electrons. The minimum atomic E-state index is -1.13. The Hall–Kier alpha value is -3.47. The standard InChI is InChI=1S/C26H19FO4/c1-30-24(28)21-23-18-13-15(27)11-12-16(18)22-20(14-7-3-2-4-8-14)17-9-5-6-10-19(17)26(22,23)31-25(21)29/h2-13,20-23H,1H3/t20-,21-,22+,23+,26?/m0/s1. The van der Waals surface area contributed by atoms with Gasteiger partial charge < -0.3 is 9.47 Å². The molecule has 3 aliphatic rings. The largest absolute Gasteiger partial charge is 0.468 e. The first-order valence-corrected chi connectivity index (χ1v) is 10.3. The van der Waals surface area contributed by atoms with Crippen molar-refractivity contribution in [2.45, 2.75) is 23.4 Å². The molecule has 0 radical (unpaired) electrons. The van der Waals surface area contributed by atoms with Crippen LogP contribution in [0.25, 0.3) is 0 Å². The zero-order valence-electron chi connectivity index (χ0n) is 16.7. The molecule has 1 unspecified atom stereocenters. The maximum Gasteiger partial charge on any atom is 0.322 e. The molecule has 3 aromatic carbocycles. The van der Waals surface area contributed by atoms with Crippen molar-refractivity contribution in [3.63, 3.8) is 0 Å². The highest BCUT2D eigenvalue weighted by Crippen LogP contribution is 2.72. The van der Waals surface area contributed by atoms with Crippen LogP contribution in [0.1, 0.15) is 45.6 Å². The van der Waals surface area contributed by atoms with Gasteiger partial charge in [0.05, 0.1) is 13.0 Å². The smallest absolute Gasteiger partial charge is 0.322 e. The van der Waals surface area contributed by atoms with Crippen LogP contribution in [0, 0.1) is 11.7 Å². The van der Waals surface area contributed by atoms with Gasteiger partial charge in [0.1, 0.15) is 5.82 Å². The zero-order chi connectivity index (χ0) is 21.3. The number of benzene rings is 3. The molecule has 1 heterocycles. The van der Waals surface area contributed by atoms with Gasteiger partial charge in [0.2, 0.25) is 0 Å². The van der Waals surface area contributed by atoms with Crippen molar-refractivity contribution in [2.75, 3.05) is 7.11 Å². The van der Waals surface area contributed by atoms with Crippen LogP contribution in [0.2, 0.25) is 0 Å². The number of hydrogen-bond acceptors (Lipinski definition) is 4. The molecule has 1 fully saturated rings. The van der Waals surface area contributed by atoms with Crippen LogP contribution in [-0.4, -0.2) is 19.0 Å². The van der Waals surface area contributed by atoms with Crippen molar-refractivity contribution in [2.24, 2.45) is 5.92 Å².